The van der Waals surface area contributed by atoms with Crippen molar-refractivity contribution in [2.24, 2.45) is 4.99 Å². The Morgan fingerprint density at radius 3 is 3.07 bits per heavy atom. The third-order valence-electron chi connectivity index (χ3n) is 1.59. The fraction of sp³-hybridized carbons (Fsp3) is 0.500. The Kier molecular flexibility index (Phi) is 7.80. The van der Waals surface area contributed by atoms with E-state index in [1.54, 1.807) is 18.1 Å². The smallest absolute Gasteiger partial charge is 0.0925 e. The number of thiocarbonyl (C=S) groups is 1. The van der Waals surface area contributed by atoms with Gasteiger partial charge in [-0.05, 0) is 19.1 Å². The molecule has 1 N–H and O–H groups in total. The Bertz CT molecular complexity index is 307. The molecule has 0 aliphatic heterocycles. The molecular weight excluding hydrogens is 238 g/mol. The van der Waals surface area contributed by atoms with Gasteiger partial charge in [-0.3, -0.25) is 0 Å². The van der Waals surface area contributed by atoms with Gasteiger partial charge in [0.05, 0.1) is 23.7 Å². The summed E-state index contributed by atoms with van der Waals surface area (Å²) in [5.74, 6) is 1.90. The van der Waals surface area contributed by atoms with E-state index >= 15 is 0 Å². The zero-order valence-corrected chi connectivity index (χ0v) is 10.3. The predicted molar refractivity (Wildman–Crippen MR) is 66.6 cm³/mol. The van der Waals surface area contributed by atoms with E-state index < -0.39 is 0 Å². The Morgan fingerprint density at radius 1 is 1.71 bits per heavy atom. The molecule has 0 amide bonds. The molecule has 0 aliphatic rings. The second-order valence-corrected chi connectivity index (χ2v) is 3.79. The van der Waals surface area contributed by atoms with Crippen molar-refractivity contribution in [3.8, 4) is 0 Å². The van der Waals surface area contributed by atoms with Crippen LogP contribution in [0.15, 0.2) is 11.3 Å². The normalized spacial score (nSPS) is 8.93. The molecule has 0 radical (unpaired) electrons. The van der Waals surface area contributed by atoms with E-state index in [4.69, 9.17) is 0 Å². The van der Waals surface area contributed by atoms with Gasteiger partial charge in [0.2, 0.25) is 0 Å². The van der Waals surface area contributed by atoms with Crippen molar-refractivity contribution in [2.75, 3.05) is 12.3 Å². The van der Waals surface area contributed by atoms with Gasteiger partial charge in [0.15, 0.2) is 0 Å². The molecule has 1 heterocycles. The topological polar surface area (TPSA) is 41.0 Å². The van der Waals surface area contributed by atoms with E-state index in [0.29, 0.717) is 0 Å². The molecule has 0 saturated carbocycles. The van der Waals surface area contributed by atoms with Crippen LogP contribution in [0.25, 0.3) is 0 Å². The number of hydrogen-bond donors (Lipinski definition) is 1. The van der Waals surface area contributed by atoms with Crippen molar-refractivity contribution in [2.45, 2.75) is 12.7 Å². The molecule has 14 heavy (non-hydrogen) atoms. The number of aromatic nitrogens is 2. The fourth-order valence-corrected chi connectivity index (χ4v) is 1.80. The maximum absolute atomic E-state index is 4.46. The summed E-state index contributed by atoms with van der Waals surface area (Å²) < 4.78 is 0. The van der Waals surface area contributed by atoms with E-state index in [1.165, 1.54) is 0 Å². The van der Waals surface area contributed by atoms with Crippen LogP contribution in [-0.4, -0.2) is 27.4 Å². The van der Waals surface area contributed by atoms with Gasteiger partial charge in [0.1, 0.15) is 0 Å². The zero-order valence-electron chi connectivity index (χ0n) is 7.82. The van der Waals surface area contributed by atoms with Crippen molar-refractivity contribution in [3.05, 3.63) is 17.7 Å². The molecule has 6 heteroatoms. The SMILES string of the molecule is Cc1[nH]cnc1CSCCN=C=S.Cl. The molecule has 3 nitrogen and oxygen atoms in total. The van der Waals surface area contributed by atoms with Crippen LogP contribution in [-0.2, 0) is 5.75 Å². The van der Waals surface area contributed by atoms with Crippen molar-refractivity contribution in [1.82, 2.24) is 9.97 Å². The number of aliphatic imine (C=N–C) groups is 1. The number of imidazole rings is 1. The van der Waals surface area contributed by atoms with Gasteiger partial charge in [-0.25, -0.2) is 9.98 Å². The number of isothiocyanates is 1. The third kappa shape index (κ3) is 4.77. The highest BCUT2D eigenvalue weighted by molar-refractivity contribution is 7.98. The van der Waals surface area contributed by atoms with Crippen molar-refractivity contribution in [1.29, 1.82) is 0 Å². The lowest BCUT2D eigenvalue weighted by Gasteiger charge is -1.96. The van der Waals surface area contributed by atoms with E-state index in [0.717, 1.165) is 29.4 Å². The lowest BCUT2D eigenvalue weighted by Crippen LogP contribution is -1.89. The van der Waals surface area contributed by atoms with Crippen molar-refractivity contribution >= 4 is 41.5 Å². The number of nitrogens with one attached hydrogen (secondary N) is 1. The van der Waals surface area contributed by atoms with Crippen LogP contribution >= 0.6 is 36.4 Å². The number of aryl methyl sites for hydroxylation is 1. The molecule has 1 aromatic rings. The van der Waals surface area contributed by atoms with Gasteiger partial charge >= 0.3 is 0 Å². The highest BCUT2D eigenvalue weighted by atomic mass is 35.5. The summed E-state index contributed by atoms with van der Waals surface area (Å²) in [5, 5.41) is 2.35. The lowest BCUT2D eigenvalue weighted by molar-refractivity contribution is 1.14. The van der Waals surface area contributed by atoms with Crippen LogP contribution in [0.4, 0.5) is 0 Å². The number of rotatable bonds is 5. The molecule has 1 aromatic heterocycles. The van der Waals surface area contributed by atoms with Crippen molar-refractivity contribution < 1.29 is 0 Å². The quantitative estimate of drug-likeness (QED) is 0.495. The van der Waals surface area contributed by atoms with Gasteiger partial charge in [0.25, 0.3) is 0 Å². The Hall–Kier alpha value is -0.350. The van der Waals surface area contributed by atoms with Crippen LogP contribution in [0.2, 0.25) is 0 Å². The van der Waals surface area contributed by atoms with Crippen LogP contribution in [0.1, 0.15) is 11.4 Å². The first kappa shape index (κ1) is 13.7. The number of aromatic amines is 1. The molecule has 0 spiro atoms. The number of thioether (sulfide) groups is 1. The molecule has 0 unspecified atom stereocenters. The van der Waals surface area contributed by atoms with Gasteiger partial charge < -0.3 is 4.98 Å². The summed E-state index contributed by atoms with van der Waals surface area (Å²) in [5.41, 5.74) is 2.27. The first-order valence-corrected chi connectivity index (χ1v) is 5.51. The summed E-state index contributed by atoms with van der Waals surface area (Å²) in [6.07, 6.45) is 1.72. The third-order valence-corrected chi connectivity index (χ3v) is 2.66. The monoisotopic (exact) mass is 249 g/mol. The largest absolute Gasteiger partial charge is 0.348 e. The van der Waals surface area contributed by atoms with E-state index in [-0.39, 0.29) is 12.4 Å². The van der Waals surface area contributed by atoms with Crippen LogP contribution < -0.4 is 0 Å². The highest BCUT2D eigenvalue weighted by Gasteiger charge is 1.99. The van der Waals surface area contributed by atoms with Gasteiger partial charge in [0, 0.05) is 17.2 Å². The van der Waals surface area contributed by atoms with E-state index in [9.17, 15) is 0 Å². The minimum absolute atomic E-state index is 0. The van der Waals surface area contributed by atoms with Crippen LogP contribution in [0, 0.1) is 6.92 Å². The number of halogens is 1. The summed E-state index contributed by atoms with van der Waals surface area (Å²) in [6, 6.07) is 0. The first-order valence-electron chi connectivity index (χ1n) is 3.95. The molecule has 0 aromatic carbocycles. The number of nitrogens with zero attached hydrogens (tertiary/aromatic N) is 2. The van der Waals surface area contributed by atoms with Crippen molar-refractivity contribution in [3.63, 3.8) is 0 Å². The molecule has 0 aliphatic carbocycles. The predicted octanol–water partition coefficient (Wildman–Crippen LogP) is 2.48. The standard InChI is InChI=1S/C8H11N3S2.ClH/c1-7-8(11-5-10-7)4-13-3-2-9-6-12;/h5H,2-4H2,1H3,(H,10,11);1H. The Balaban J connectivity index is 0.00000169. The molecule has 0 bridgehead atoms. The van der Waals surface area contributed by atoms with Gasteiger partial charge in [-0.15, -0.1) is 12.4 Å². The minimum atomic E-state index is 0. The summed E-state index contributed by atoms with van der Waals surface area (Å²) in [7, 11) is 0. The highest BCUT2D eigenvalue weighted by Crippen LogP contribution is 2.11. The first-order chi connectivity index (χ1) is 6.34. The summed E-state index contributed by atoms with van der Waals surface area (Å²) in [4.78, 5) is 11.1. The second-order valence-electron chi connectivity index (χ2n) is 2.50. The number of H-pyrrole nitrogens is 1. The zero-order chi connectivity index (χ0) is 9.52. The Labute approximate surface area is 99.2 Å². The minimum Gasteiger partial charge on any atom is -0.348 e. The Morgan fingerprint density at radius 2 is 2.50 bits per heavy atom. The molecule has 0 saturated heterocycles. The number of hydrogen-bond acceptors (Lipinski definition) is 4. The maximum atomic E-state index is 4.46. The van der Waals surface area contributed by atoms with Gasteiger partial charge in [-0.2, -0.15) is 11.8 Å². The second kappa shape index (κ2) is 8.00. The van der Waals surface area contributed by atoms with E-state index in [1.807, 2.05) is 6.92 Å². The molecule has 78 valence electrons. The fourth-order valence-electron chi connectivity index (χ4n) is 0.857. The molecule has 1 rings (SSSR count). The lowest BCUT2D eigenvalue weighted by atomic mass is 10.4. The van der Waals surface area contributed by atoms with Gasteiger partial charge in [-0.1, -0.05) is 0 Å². The van der Waals surface area contributed by atoms with Crippen LogP contribution in [0.3, 0.4) is 0 Å². The van der Waals surface area contributed by atoms with Crippen LogP contribution in [0.5, 0.6) is 0 Å². The summed E-state index contributed by atoms with van der Waals surface area (Å²) in [6.45, 7) is 2.77. The average molecular weight is 250 g/mol. The molecular formula is C8H12ClN3S2. The van der Waals surface area contributed by atoms with E-state index in [2.05, 4.69) is 32.3 Å². The molecule has 0 fully saturated rings. The average Bonchev–Trinajstić information content (AvgIpc) is 2.52. The summed E-state index contributed by atoms with van der Waals surface area (Å²) >= 11 is 6.26. The molecule has 0 atom stereocenters. The maximum Gasteiger partial charge on any atom is 0.0925 e.